The van der Waals surface area contributed by atoms with Crippen molar-refractivity contribution in [2.75, 3.05) is 13.1 Å². The van der Waals surface area contributed by atoms with E-state index in [4.69, 9.17) is 0 Å². The van der Waals surface area contributed by atoms with Crippen LogP contribution >= 0.6 is 11.3 Å². The molecule has 9 nitrogen and oxygen atoms in total. The molecule has 1 aliphatic heterocycles. The normalized spacial score (nSPS) is 17.0. The molecular weight excluding hydrogens is 364 g/mol. The summed E-state index contributed by atoms with van der Waals surface area (Å²) in [6.07, 6.45) is 8.97. The predicted molar refractivity (Wildman–Crippen MR) is 99.9 cm³/mol. The standard InChI is InChI=1S/C17H20N8OS/c26-16(15-10-25(24-23-15)9-12-2-1-3-18-6-12)21-7-13-11-27-17(22-13)14-8-19-4-5-20-14/h4-5,8,10-12,18H,1-3,6-7,9H2,(H,21,26)/t12-/m0/s1. The molecule has 0 unspecified atom stereocenters. The zero-order chi connectivity index (χ0) is 18.5. The molecule has 0 radical (unpaired) electrons. The quantitative estimate of drug-likeness (QED) is 0.655. The highest BCUT2D eigenvalue weighted by molar-refractivity contribution is 7.13. The molecule has 1 saturated heterocycles. The minimum Gasteiger partial charge on any atom is -0.345 e. The van der Waals surface area contributed by atoms with E-state index in [1.807, 2.05) is 5.38 Å². The summed E-state index contributed by atoms with van der Waals surface area (Å²) in [6, 6.07) is 0. The van der Waals surface area contributed by atoms with Crippen LogP contribution in [-0.2, 0) is 13.1 Å². The maximum Gasteiger partial charge on any atom is 0.273 e. The maximum absolute atomic E-state index is 12.3. The van der Waals surface area contributed by atoms with E-state index in [9.17, 15) is 4.79 Å². The molecule has 0 spiro atoms. The Labute approximate surface area is 160 Å². The Kier molecular flexibility index (Phi) is 5.45. The van der Waals surface area contributed by atoms with Gasteiger partial charge >= 0.3 is 0 Å². The molecule has 1 atom stereocenters. The highest BCUT2D eigenvalue weighted by Gasteiger charge is 2.16. The second-order valence-corrected chi connectivity index (χ2v) is 7.31. The van der Waals surface area contributed by atoms with Crippen LogP contribution in [0, 0.1) is 5.92 Å². The van der Waals surface area contributed by atoms with E-state index >= 15 is 0 Å². The van der Waals surface area contributed by atoms with Crippen molar-refractivity contribution in [1.29, 1.82) is 0 Å². The van der Waals surface area contributed by atoms with Crippen LogP contribution in [0.5, 0.6) is 0 Å². The lowest BCUT2D eigenvalue weighted by Crippen LogP contribution is -2.32. The van der Waals surface area contributed by atoms with Crippen LogP contribution < -0.4 is 10.6 Å². The monoisotopic (exact) mass is 384 g/mol. The van der Waals surface area contributed by atoms with Gasteiger partial charge in [-0.25, -0.2) is 4.98 Å². The van der Waals surface area contributed by atoms with E-state index in [0.29, 0.717) is 18.2 Å². The van der Waals surface area contributed by atoms with E-state index < -0.39 is 0 Å². The maximum atomic E-state index is 12.3. The Balaban J connectivity index is 1.31. The molecule has 1 amide bonds. The largest absolute Gasteiger partial charge is 0.345 e. The van der Waals surface area contributed by atoms with Crippen LogP contribution in [-0.4, -0.2) is 48.9 Å². The Morgan fingerprint density at radius 3 is 3.19 bits per heavy atom. The van der Waals surface area contributed by atoms with Crippen molar-refractivity contribution in [3.63, 3.8) is 0 Å². The lowest BCUT2D eigenvalue weighted by atomic mass is 10.00. The van der Waals surface area contributed by atoms with Gasteiger partial charge in [0.2, 0.25) is 0 Å². The summed E-state index contributed by atoms with van der Waals surface area (Å²) in [5.41, 5.74) is 1.82. The fraction of sp³-hybridized carbons (Fsp3) is 0.412. The molecule has 3 aromatic rings. The second kappa shape index (κ2) is 8.31. The van der Waals surface area contributed by atoms with Gasteiger partial charge in [0.15, 0.2) is 5.69 Å². The molecule has 2 N–H and O–H groups in total. The fourth-order valence-corrected chi connectivity index (χ4v) is 3.79. The smallest absolute Gasteiger partial charge is 0.273 e. The first-order chi connectivity index (χ1) is 13.3. The van der Waals surface area contributed by atoms with Gasteiger partial charge in [0, 0.05) is 24.3 Å². The van der Waals surface area contributed by atoms with E-state index in [-0.39, 0.29) is 5.91 Å². The number of piperidine rings is 1. The molecule has 0 bridgehead atoms. The van der Waals surface area contributed by atoms with Gasteiger partial charge in [-0.05, 0) is 31.8 Å². The number of nitrogens with zero attached hydrogens (tertiary/aromatic N) is 6. The first-order valence-electron chi connectivity index (χ1n) is 8.88. The van der Waals surface area contributed by atoms with E-state index in [1.165, 1.54) is 24.2 Å². The average molecular weight is 384 g/mol. The number of nitrogens with one attached hydrogen (secondary N) is 2. The molecule has 0 aromatic carbocycles. The lowest BCUT2D eigenvalue weighted by molar-refractivity contribution is 0.0945. The third kappa shape index (κ3) is 4.52. The van der Waals surface area contributed by atoms with Gasteiger partial charge in [-0.3, -0.25) is 19.4 Å². The number of thiazole rings is 1. The summed E-state index contributed by atoms with van der Waals surface area (Å²) in [6.45, 7) is 3.17. The summed E-state index contributed by atoms with van der Waals surface area (Å²) in [5.74, 6) is 0.281. The van der Waals surface area contributed by atoms with Gasteiger partial charge in [0.05, 0.1) is 24.6 Å². The highest BCUT2D eigenvalue weighted by atomic mass is 32.1. The van der Waals surface area contributed by atoms with Gasteiger partial charge in [0.1, 0.15) is 10.7 Å². The third-order valence-electron chi connectivity index (χ3n) is 4.38. The molecule has 27 heavy (non-hydrogen) atoms. The highest BCUT2D eigenvalue weighted by Crippen LogP contribution is 2.20. The number of aromatic nitrogens is 6. The molecule has 4 heterocycles. The van der Waals surface area contributed by atoms with Crippen molar-refractivity contribution < 1.29 is 4.79 Å². The summed E-state index contributed by atoms with van der Waals surface area (Å²) in [4.78, 5) is 25.1. The Hall–Kier alpha value is -2.72. The van der Waals surface area contributed by atoms with Crippen LogP contribution in [0.3, 0.4) is 0 Å². The van der Waals surface area contributed by atoms with Crippen LogP contribution in [0.2, 0.25) is 0 Å². The van der Waals surface area contributed by atoms with Gasteiger partial charge in [-0.15, -0.1) is 16.4 Å². The zero-order valence-electron chi connectivity index (χ0n) is 14.7. The summed E-state index contributed by atoms with van der Waals surface area (Å²) >= 11 is 1.47. The Morgan fingerprint density at radius 2 is 2.37 bits per heavy atom. The molecule has 1 aliphatic rings. The zero-order valence-corrected chi connectivity index (χ0v) is 15.5. The molecule has 0 aliphatic carbocycles. The van der Waals surface area contributed by atoms with Crippen LogP contribution in [0.25, 0.3) is 10.7 Å². The molecule has 0 saturated carbocycles. The van der Waals surface area contributed by atoms with Crippen LogP contribution in [0.1, 0.15) is 29.0 Å². The summed E-state index contributed by atoms with van der Waals surface area (Å²) in [5, 5.41) is 17.0. The Morgan fingerprint density at radius 1 is 1.41 bits per heavy atom. The average Bonchev–Trinajstić information content (AvgIpc) is 3.37. The fourth-order valence-electron chi connectivity index (χ4n) is 3.01. The number of rotatable bonds is 6. The van der Waals surface area contributed by atoms with Crippen molar-refractivity contribution in [2.24, 2.45) is 5.92 Å². The molecular formula is C17H20N8OS. The van der Waals surface area contributed by atoms with E-state index in [0.717, 1.165) is 36.0 Å². The van der Waals surface area contributed by atoms with Gasteiger partial charge in [-0.2, -0.15) is 0 Å². The minimum atomic E-state index is -0.253. The van der Waals surface area contributed by atoms with Crippen molar-refractivity contribution in [3.8, 4) is 10.7 Å². The van der Waals surface area contributed by atoms with Gasteiger partial charge in [-0.1, -0.05) is 5.21 Å². The number of carbonyl (C=O) groups excluding carboxylic acids is 1. The first-order valence-corrected chi connectivity index (χ1v) is 9.76. The number of hydrogen-bond acceptors (Lipinski definition) is 8. The van der Waals surface area contributed by atoms with Crippen LogP contribution in [0.4, 0.5) is 0 Å². The number of hydrogen-bond donors (Lipinski definition) is 2. The van der Waals surface area contributed by atoms with E-state index in [2.05, 4.69) is 35.9 Å². The van der Waals surface area contributed by atoms with E-state index in [1.54, 1.807) is 29.5 Å². The molecule has 4 rings (SSSR count). The SMILES string of the molecule is O=C(NCc1csc(-c2cnccn2)n1)c1cn(C[C@H]2CCCNC2)nn1. The van der Waals surface area contributed by atoms with Gasteiger partial charge in [0.25, 0.3) is 5.91 Å². The van der Waals surface area contributed by atoms with Crippen LogP contribution in [0.15, 0.2) is 30.2 Å². The molecule has 140 valence electrons. The predicted octanol–water partition coefficient (Wildman–Crippen LogP) is 1.12. The molecule has 1 fully saturated rings. The summed E-state index contributed by atoms with van der Waals surface area (Å²) < 4.78 is 1.75. The summed E-state index contributed by atoms with van der Waals surface area (Å²) in [7, 11) is 0. The Bertz CT molecular complexity index is 887. The number of amides is 1. The lowest BCUT2D eigenvalue weighted by Gasteiger charge is -2.22. The second-order valence-electron chi connectivity index (χ2n) is 6.46. The van der Waals surface area contributed by atoms with Crippen molar-refractivity contribution in [2.45, 2.75) is 25.9 Å². The minimum absolute atomic E-state index is 0.253. The van der Waals surface area contributed by atoms with Crippen molar-refractivity contribution in [1.82, 2.24) is 40.6 Å². The molecule has 3 aromatic heterocycles. The first kappa shape index (κ1) is 17.7. The van der Waals surface area contributed by atoms with Crippen molar-refractivity contribution >= 4 is 17.2 Å². The number of carbonyl (C=O) groups is 1. The third-order valence-corrected chi connectivity index (χ3v) is 5.29. The topological polar surface area (TPSA) is 111 Å². The molecule has 10 heteroatoms. The van der Waals surface area contributed by atoms with Gasteiger partial charge < -0.3 is 10.6 Å². The van der Waals surface area contributed by atoms with Crippen molar-refractivity contribution in [3.05, 3.63) is 41.6 Å².